The molecule has 0 aliphatic heterocycles. The summed E-state index contributed by atoms with van der Waals surface area (Å²) < 4.78 is 5.37. The zero-order valence-corrected chi connectivity index (χ0v) is 12.0. The zero-order valence-electron chi connectivity index (χ0n) is 12.0. The van der Waals surface area contributed by atoms with E-state index in [1.54, 1.807) is 27.0 Å². The average Bonchev–Trinajstić information content (AvgIpc) is 2.96. The van der Waals surface area contributed by atoms with E-state index in [0.717, 1.165) is 11.1 Å². The van der Waals surface area contributed by atoms with Crippen LogP contribution in [0.3, 0.4) is 0 Å². The van der Waals surface area contributed by atoms with Crippen LogP contribution in [0.5, 0.6) is 0 Å². The molecular formula is C16H19NO3. The van der Waals surface area contributed by atoms with Gasteiger partial charge in [-0.3, -0.25) is 4.79 Å². The van der Waals surface area contributed by atoms with Crippen LogP contribution in [0.15, 0.2) is 47.1 Å². The fourth-order valence-electron chi connectivity index (χ4n) is 1.85. The van der Waals surface area contributed by atoms with Crippen molar-refractivity contribution in [2.75, 3.05) is 13.7 Å². The summed E-state index contributed by atoms with van der Waals surface area (Å²) in [5.41, 5.74) is 1.05. The molecule has 1 aromatic carbocycles. The Labute approximate surface area is 118 Å². The minimum absolute atomic E-state index is 0.114. The number of carbonyl (C=O) groups is 1. The van der Waals surface area contributed by atoms with Crippen molar-refractivity contribution >= 4 is 5.91 Å². The third-order valence-electron chi connectivity index (χ3n) is 3.54. The van der Waals surface area contributed by atoms with Gasteiger partial charge in [0.25, 0.3) is 5.91 Å². The van der Waals surface area contributed by atoms with Crippen LogP contribution in [0.4, 0.5) is 0 Å². The summed E-state index contributed by atoms with van der Waals surface area (Å²) in [4.78, 5) is 14.0. The van der Waals surface area contributed by atoms with Gasteiger partial charge in [0, 0.05) is 12.6 Å². The molecule has 4 heteroatoms. The average molecular weight is 273 g/mol. The zero-order chi connectivity index (χ0) is 14.8. The molecule has 0 aliphatic rings. The first-order valence-electron chi connectivity index (χ1n) is 6.49. The summed E-state index contributed by atoms with van der Waals surface area (Å²) in [6.07, 6.45) is 1.51. The van der Waals surface area contributed by atoms with Gasteiger partial charge in [0.15, 0.2) is 5.76 Å². The SMILES string of the molecule is CN(C(=O)c1occc1-c1ccccc1)C(C)(C)CO. The molecule has 0 saturated carbocycles. The van der Waals surface area contributed by atoms with Crippen molar-refractivity contribution in [2.24, 2.45) is 0 Å². The summed E-state index contributed by atoms with van der Waals surface area (Å²) in [7, 11) is 1.66. The third kappa shape index (κ3) is 2.60. The maximum absolute atomic E-state index is 12.5. The number of aliphatic hydroxyl groups is 1. The fourth-order valence-corrected chi connectivity index (χ4v) is 1.85. The second-order valence-corrected chi connectivity index (χ2v) is 5.36. The third-order valence-corrected chi connectivity index (χ3v) is 3.54. The van der Waals surface area contributed by atoms with Crippen LogP contribution >= 0.6 is 0 Å². The molecule has 0 atom stereocenters. The summed E-state index contributed by atoms with van der Waals surface area (Å²) in [6, 6.07) is 11.4. The van der Waals surface area contributed by atoms with E-state index in [0.29, 0.717) is 5.76 Å². The molecule has 0 fully saturated rings. The number of hydrogen-bond acceptors (Lipinski definition) is 3. The monoisotopic (exact) mass is 273 g/mol. The predicted octanol–water partition coefficient (Wildman–Crippen LogP) is 2.79. The van der Waals surface area contributed by atoms with E-state index in [1.165, 1.54) is 11.2 Å². The largest absolute Gasteiger partial charge is 0.459 e. The molecule has 1 amide bonds. The quantitative estimate of drug-likeness (QED) is 0.932. The Morgan fingerprint density at radius 1 is 1.25 bits per heavy atom. The summed E-state index contributed by atoms with van der Waals surface area (Å²) in [5, 5.41) is 9.37. The van der Waals surface area contributed by atoms with Crippen molar-refractivity contribution in [3.63, 3.8) is 0 Å². The number of benzene rings is 1. The highest BCUT2D eigenvalue weighted by atomic mass is 16.3. The molecule has 0 bridgehead atoms. The summed E-state index contributed by atoms with van der Waals surface area (Å²) >= 11 is 0. The lowest BCUT2D eigenvalue weighted by atomic mass is 10.0. The van der Waals surface area contributed by atoms with Crippen molar-refractivity contribution in [2.45, 2.75) is 19.4 Å². The van der Waals surface area contributed by atoms with E-state index >= 15 is 0 Å². The predicted molar refractivity (Wildman–Crippen MR) is 77.4 cm³/mol. The van der Waals surface area contributed by atoms with Crippen LogP contribution < -0.4 is 0 Å². The molecule has 1 heterocycles. The standard InChI is InChI=1S/C16H19NO3/c1-16(2,11-18)17(3)15(19)14-13(9-10-20-14)12-7-5-4-6-8-12/h4-10,18H,11H2,1-3H3. The molecule has 2 rings (SSSR count). The molecule has 0 saturated heterocycles. The summed E-state index contributed by atoms with van der Waals surface area (Å²) in [5.74, 6) is 0.0492. The van der Waals surface area contributed by atoms with Crippen molar-refractivity contribution in [1.29, 1.82) is 0 Å². The van der Waals surface area contributed by atoms with Crippen LogP contribution in [0.2, 0.25) is 0 Å². The van der Waals surface area contributed by atoms with Crippen molar-refractivity contribution in [3.8, 4) is 11.1 Å². The Kier molecular flexibility index (Phi) is 3.95. The molecule has 0 spiro atoms. The maximum atomic E-state index is 12.5. The summed E-state index contributed by atoms with van der Waals surface area (Å²) in [6.45, 7) is 3.49. The molecule has 0 radical (unpaired) electrons. The molecule has 2 aromatic rings. The van der Waals surface area contributed by atoms with Gasteiger partial charge in [-0.2, -0.15) is 0 Å². The lowest BCUT2D eigenvalue weighted by Crippen LogP contribution is -2.47. The highest BCUT2D eigenvalue weighted by Gasteiger charge is 2.30. The number of carbonyl (C=O) groups excluding carboxylic acids is 1. The van der Waals surface area contributed by atoms with E-state index in [9.17, 15) is 9.90 Å². The lowest BCUT2D eigenvalue weighted by molar-refractivity contribution is 0.0445. The van der Waals surface area contributed by atoms with Gasteiger partial charge in [-0.05, 0) is 25.5 Å². The molecule has 106 valence electrons. The first kappa shape index (κ1) is 14.3. The smallest absolute Gasteiger partial charge is 0.290 e. The number of amides is 1. The van der Waals surface area contributed by atoms with Gasteiger partial charge in [-0.1, -0.05) is 30.3 Å². The maximum Gasteiger partial charge on any atom is 0.290 e. The van der Waals surface area contributed by atoms with Crippen molar-refractivity contribution < 1.29 is 14.3 Å². The molecular weight excluding hydrogens is 254 g/mol. The fraction of sp³-hybridized carbons (Fsp3) is 0.312. The lowest BCUT2D eigenvalue weighted by Gasteiger charge is -2.33. The number of hydrogen-bond donors (Lipinski definition) is 1. The Balaban J connectivity index is 2.36. The minimum Gasteiger partial charge on any atom is -0.459 e. The molecule has 1 aromatic heterocycles. The van der Waals surface area contributed by atoms with E-state index < -0.39 is 5.54 Å². The van der Waals surface area contributed by atoms with Crippen LogP contribution in [0.1, 0.15) is 24.4 Å². The Bertz CT molecular complexity index is 587. The molecule has 0 unspecified atom stereocenters. The number of aliphatic hydroxyl groups excluding tert-OH is 1. The Hall–Kier alpha value is -2.07. The number of furan rings is 1. The van der Waals surface area contributed by atoms with Gasteiger partial charge in [-0.15, -0.1) is 0 Å². The van der Waals surface area contributed by atoms with Gasteiger partial charge in [0.2, 0.25) is 0 Å². The Morgan fingerprint density at radius 3 is 2.50 bits per heavy atom. The second kappa shape index (κ2) is 5.51. The van der Waals surface area contributed by atoms with E-state index in [4.69, 9.17) is 4.42 Å². The highest BCUT2D eigenvalue weighted by Crippen LogP contribution is 2.27. The van der Waals surface area contributed by atoms with E-state index in [-0.39, 0.29) is 12.5 Å². The second-order valence-electron chi connectivity index (χ2n) is 5.36. The normalized spacial score (nSPS) is 11.4. The molecule has 4 nitrogen and oxygen atoms in total. The van der Waals surface area contributed by atoms with Crippen LogP contribution in [0.25, 0.3) is 11.1 Å². The van der Waals surface area contributed by atoms with Crippen LogP contribution in [-0.2, 0) is 0 Å². The Morgan fingerprint density at radius 2 is 1.90 bits per heavy atom. The van der Waals surface area contributed by atoms with Crippen LogP contribution in [0, 0.1) is 0 Å². The number of likely N-dealkylation sites (N-methyl/N-ethyl adjacent to an activating group) is 1. The first-order valence-corrected chi connectivity index (χ1v) is 6.49. The van der Waals surface area contributed by atoms with Crippen molar-refractivity contribution in [3.05, 3.63) is 48.4 Å². The van der Waals surface area contributed by atoms with E-state index in [2.05, 4.69) is 0 Å². The van der Waals surface area contributed by atoms with Gasteiger partial charge in [-0.25, -0.2) is 0 Å². The van der Waals surface area contributed by atoms with Gasteiger partial charge < -0.3 is 14.4 Å². The van der Waals surface area contributed by atoms with Gasteiger partial charge >= 0.3 is 0 Å². The topological polar surface area (TPSA) is 53.7 Å². The van der Waals surface area contributed by atoms with E-state index in [1.807, 2.05) is 30.3 Å². The number of rotatable bonds is 4. The van der Waals surface area contributed by atoms with Gasteiger partial charge in [0.05, 0.1) is 18.4 Å². The molecule has 1 N–H and O–H groups in total. The highest BCUT2D eigenvalue weighted by molar-refractivity contribution is 5.98. The van der Waals surface area contributed by atoms with Gasteiger partial charge in [0.1, 0.15) is 0 Å². The van der Waals surface area contributed by atoms with Crippen LogP contribution in [-0.4, -0.2) is 35.1 Å². The molecule has 20 heavy (non-hydrogen) atoms. The first-order chi connectivity index (χ1) is 9.47. The van der Waals surface area contributed by atoms with Crippen molar-refractivity contribution in [1.82, 2.24) is 4.90 Å². The molecule has 0 aliphatic carbocycles. The number of nitrogens with zero attached hydrogens (tertiary/aromatic N) is 1. The minimum atomic E-state index is -0.641.